The molecular weight excluding hydrogens is 482 g/mol. The number of fused-ring (bicyclic) bond motifs is 3. The molecule has 1 aromatic heterocycles. The molecule has 0 fully saturated rings. The van der Waals surface area contributed by atoms with Gasteiger partial charge < -0.3 is 0 Å². The molecule has 6 rings (SSSR count). The molecule has 0 bridgehead atoms. The van der Waals surface area contributed by atoms with Gasteiger partial charge >= 0.3 is 0 Å². The number of anilines is 1. The molecule has 0 saturated heterocycles. The van der Waals surface area contributed by atoms with E-state index in [0.717, 1.165) is 11.1 Å². The average Bonchev–Trinajstić information content (AvgIpc) is 3.41. The van der Waals surface area contributed by atoms with Gasteiger partial charge in [-0.05, 0) is 60.9 Å². The van der Waals surface area contributed by atoms with Gasteiger partial charge in [-0.3, -0.25) is 4.72 Å². The highest BCUT2D eigenvalue weighted by atomic mass is 32.2. The Morgan fingerprint density at radius 2 is 1.44 bits per heavy atom. The van der Waals surface area contributed by atoms with Crippen LogP contribution >= 0.6 is 11.3 Å². The zero-order chi connectivity index (χ0) is 24.9. The Balaban J connectivity index is 1.40. The lowest BCUT2D eigenvalue weighted by molar-refractivity contribution is 0.601. The van der Waals surface area contributed by atoms with Gasteiger partial charge in [0.25, 0.3) is 10.0 Å². The number of rotatable bonds is 5. The number of hydrogen-bond acceptors (Lipinski definition) is 3. The highest BCUT2D eigenvalue weighted by molar-refractivity contribution is 7.92. The van der Waals surface area contributed by atoms with Crippen molar-refractivity contribution in [2.75, 3.05) is 4.72 Å². The minimum Gasteiger partial charge on any atom is -0.280 e. The van der Waals surface area contributed by atoms with Crippen LogP contribution in [0, 0.1) is 6.92 Å². The molecule has 1 N–H and O–H groups in total. The summed E-state index contributed by atoms with van der Waals surface area (Å²) in [4.78, 5) is 1.57. The van der Waals surface area contributed by atoms with Crippen LogP contribution in [0.5, 0.6) is 0 Å². The number of thiophene rings is 1. The van der Waals surface area contributed by atoms with E-state index in [0.29, 0.717) is 5.69 Å². The Labute approximate surface area is 215 Å². The van der Waals surface area contributed by atoms with Crippen molar-refractivity contribution < 1.29 is 8.42 Å². The average molecular weight is 508 g/mol. The molecular formula is C31H25NO2S2. The van der Waals surface area contributed by atoms with Gasteiger partial charge in [0.15, 0.2) is 0 Å². The summed E-state index contributed by atoms with van der Waals surface area (Å²) < 4.78 is 29.7. The third-order valence-corrected chi connectivity index (χ3v) is 9.73. The van der Waals surface area contributed by atoms with E-state index in [2.05, 4.69) is 66.3 Å². The van der Waals surface area contributed by atoms with Crippen LogP contribution in [0.25, 0.3) is 15.7 Å². The quantitative estimate of drug-likeness (QED) is 0.264. The fraction of sp³-hybridized carbons (Fsp3) is 0.0968. The highest BCUT2D eigenvalue weighted by Gasteiger charge is 2.39. The first-order valence-electron chi connectivity index (χ1n) is 11.9. The van der Waals surface area contributed by atoms with Crippen molar-refractivity contribution in [1.29, 1.82) is 0 Å². The van der Waals surface area contributed by atoms with E-state index in [1.165, 1.54) is 31.7 Å². The number of hydrogen-bond donors (Lipinski definition) is 1. The molecule has 1 aliphatic carbocycles. The van der Waals surface area contributed by atoms with Gasteiger partial charge in [0.2, 0.25) is 0 Å². The van der Waals surface area contributed by atoms with E-state index in [1.807, 2.05) is 48.6 Å². The van der Waals surface area contributed by atoms with Crippen LogP contribution < -0.4 is 4.72 Å². The minimum atomic E-state index is -3.65. The molecule has 5 aromatic rings. The predicted molar refractivity (Wildman–Crippen MR) is 150 cm³/mol. The molecule has 178 valence electrons. The second-order valence-corrected chi connectivity index (χ2v) is 12.2. The molecule has 4 aromatic carbocycles. The summed E-state index contributed by atoms with van der Waals surface area (Å²) in [5.41, 5.74) is 6.12. The molecule has 1 aliphatic rings. The van der Waals surface area contributed by atoms with E-state index in [4.69, 9.17) is 0 Å². The van der Waals surface area contributed by atoms with Gasteiger partial charge in [-0.2, -0.15) is 0 Å². The first kappa shape index (κ1) is 22.8. The maximum absolute atomic E-state index is 12.9. The van der Waals surface area contributed by atoms with Crippen LogP contribution in [-0.2, 0) is 15.4 Å². The topological polar surface area (TPSA) is 46.2 Å². The SMILES string of the molecule is Cc1ccc(S(=O)(=O)Nc2ccc(C3(C)C=C(c4ccccc4)c4c3sc3ccccc43)cc2)cc1. The van der Waals surface area contributed by atoms with Gasteiger partial charge in [-0.25, -0.2) is 8.42 Å². The maximum atomic E-state index is 12.9. The molecule has 1 heterocycles. The van der Waals surface area contributed by atoms with E-state index in [9.17, 15) is 8.42 Å². The summed E-state index contributed by atoms with van der Waals surface area (Å²) in [7, 11) is -3.65. The number of nitrogens with one attached hydrogen (secondary N) is 1. The molecule has 1 atom stereocenters. The number of aryl methyl sites for hydroxylation is 1. The minimum absolute atomic E-state index is 0.255. The maximum Gasteiger partial charge on any atom is 0.261 e. The first-order valence-corrected chi connectivity index (χ1v) is 14.2. The second kappa shape index (κ2) is 8.47. The Hall–Kier alpha value is -3.67. The van der Waals surface area contributed by atoms with E-state index in [-0.39, 0.29) is 10.3 Å². The third kappa shape index (κ3) is 3.76. The number of allylic oxidation sites excluding steroid dienone is 1. The molecule has 0 aliphatic heterocycles. The summed E-state index contributed by atoms with van der Waals surface area (Å²) in [6.07, 6.45) is 2.36. The lowest BCUT2D eigenvalue weighted by Gasteiger charge is -2.23. The molecule has 0 spiro atoms. The second-order valence-electron chi connectivity index (χ2n) is 9.42. The van der Waals surface area contributed by atoms with E-state index >= 15 is 0 Å². The Kier molecular flexibility index (Phi) is 5.36. The predicted octanol–water partition coefficient (Wildman–Crippen LogP) is 7.76. The molecule has 1 unspecified atom stereocenters. The zero-order valence-corrected chi connectivity index (χ0v) is 21.7. The normalized spacial score (nSPS) is 17.1. The van der Waals surface area contributed by atoms with Crippen molar-refractivity contribution in [1.82, 2.24) is 0 Å². The fourth-order valence-electron chi connectivity index (χ4n) is 4.98. The largest absolute Gasteiger partial charge is 0.280 e. The summed E-state index contributed by atoms with van der Waals surface area (Å²) in [5.74, 6) is 0. The van der Waals surface area contributed by atoms with E-state index in [1.54, 1.807) is 24.3 Å². The Morgan fingerprint density at radius 1 is 0.778 bits per heavy atom. The number of sulfonamides is 1. The Bertz CT molecular complexity index is 1720. The monoisotopic (exact) mass is 507 g/mol. The molecule has 0 amide bonds. The van der Waals surface area contributed by atoms with Crippen LogP contribution in [0.2, 0.25) is 0 Å². The van der Waals surface area contributed by atoms with Crippen molar-refractivity contribution >= 4 is 42.7 Å². The highest BCUT2D eigenvalue weighted by Crippen LogP contribution is 2.53. The molecule has 3 nitrogen and oxygen atoms in total. The van der Waals surface area contributed by atoms with Crippen LogP contribution in [0.4, 0.5) is 5.69 Å². The molecule has 0 saturated carbocycles. The summed E-state index contributed by atoms with van der Waals surface area (Å²) in [6, 6.07) is 33.7. The summed E-state index contributed by atoms with van der Waals surface area (Å²) >= 11 is 1.84. The van der Waals surface area contributed by atoms with Gasteiger partial charge in [-0.1, -0.05) is 84.4 Å². The van der Waals surface area contributed by atoms with Gasteiger partial charge in [0.05, 0.1) is 4.90 Å². The van der Waals surface area contributed by atoms with Crippen molar-refractivity contribution in [2.24, 2.45) is 0 Å². The lowest BCUT2D eigenvalue weighted by Crippen LogP contribution is -2.18. The van der Waals surface area contributed by atoms with Gasteiger partial charge in [0.1, 0.15) is 0 Å². The Morgan fingerprint density at radius 3 is 2.17 bits per heavy atom. The summed E-state index contributed by atoms with van der Waals surface area (Å²) in [6.45, 7) is 4.19. The van der Waals surface area contributed by atoms with Crippen molar-refractivity contribution in [2.45, 2.75) is 24.2 Å². The number of benzene rings is 4. The van der Waals surface area contributed by atoms with Crippen LogP contribution in [-0.4, -0.2) is 8.42 Å². The zero-order valence-electron chi connectivity index (χ0n) is 20.0. The van der Waals surface area contributed by atoms with Gasteiger partial charge in [0, 0.05) is 31.6 Å². The third-order valence-electron chi connectivity index (χ3n) is 6.92. The molecule has 0 radical (unpaired) electrons. The standard InChI is InChI=1S/C31H25NO2S2/c1-21-12-18-25(19-13-21)36(33,34)32-24-16-14-23(15-17-24)31(2)20-27(22-8-4-3-5-9-22)29-26-10-6-7-11-28(26)35-30(29)31/h3-20,32H,1-2H3. The van der Waals surface area contributed by atoms with Crippen molar-refractivity contribution in [3.8, 4) is 0 Å². The van der Waals surface area contributed by atoms with Crippen LogP contribution in [0.3, 0.4) is 0 Å². The summed E-state index contributed by atoms with van der Waals surface area (Å²) in [5, 5.41) is 1.28. The van der Waals surface area contributed by atoms with Crippen LogP contribution in [0.15, 0.2) is 114 Å². The van der Waals surface area contributed by atoms with Crippen molar-refractivity contribution in [3.63, 3.8) is 0 Å². The van der Waals surface area contributed by atoms with Crippen molar-refractivity contribution in [3.05, 3.63) is 136 Å². The fourth-order valence-corrected chi connectivity index (χ4v) is 7.40. The smallest absolute Gasteiger partial charge is 0.261 e. The van der Waals surface area contributed by atoms with E-state index < -0.39 is 10.0 Å². The van der Waals surface area contributed by atoms with Gasteiger partial charge in [-0.15, -0.1) is 11.3 Å². The first-order chi connectivity index (χ1) is 17.3. The lowest BCUT2D eigenvalue weighted by atomic mass is 9.83. The molecule has 5 heteroatoms. The van der Waals surface area contributed by atoms with Crippen LogP contribution in [0.1, 0.15) is 34.1 Å². The molecule has 36 heavy (non-hydrogen) atoms.